The van der Waals surface area contributed by atoms with E-state index in [0.717, 1.165) is 35.6 Å². The Morgan fingerprint density at radius 3 is 2.19 bits per heavy atom. The molecule has 0 N–H and O–H groups in total. The van der Waals surface area contributed by atoms with Gasteiger partial charge in [-0.25, -0.2) is 0 Å². The summed E-state index contributed by atoms with van der Waals surface area (Å²) >= 11 is 0. The molecule has 3 rings (SSSR count). The Morgan fingerprint density at radius 2 is 1.58 bits per heavy atom. The molecule has 0 saturated heterocycles. The van der Waals surface area contributed by atoms with E-state index in [1.54, 1.807) is 28.4 Å². The maximum absolute atomic E-state index is 5.41. The summed E-state index contributed by atoms with van der Waals surface area (Å²) in [5.74, 6) is 2.71. The first-order chi connectivity index (χ1) is 12.7. The van der Waals surface area contributed by atoms with E-state index in [1.165, 1.54) is 5.56 Å². The number of rotatable bonds is 6. The van der Waals surface area contributed by atoms with Crippen LogP contribution < -0.4 is 18.9 Å². The standard InChI is InChI=1S/C21H23NO4/c1-23-16-6-7-17-15(13-16)9-10-22-18(17)8-5-14-11-19(24-2)21(26-4)20(12-14)25-3/h5-8,11-13H,9-10H2,1-4H3/b8-5+. The summed E-state index contributed by atoms with van der Waals surface area (Å²) in [5.41, 5.74) is 4.30. The number of allylic oxidation sites excluding steroid dienone is 1. The van der Waals surface area contributed by atoms with E-state index in [2.05, 4.69) is 17.1 Å². The smallest absolute Gasteiger partial charge is 0.203 e. The fourth-order valence-electron chi connectivity index (χ4n) is 3.05. The number of benzene rings is 2. The van der Waals surface area contributed by atoms with Crippen molar-refractivity contribution >= 4 is 11.8 Å². The zero-order chi connectivity index (χ0) is 18.5. The maximum Gasteiger partial charge on any atom is 0.203 e. The maximum atomic E-state index is 5.41. The third-order valence-electron chi connectivity index (χ3n) is 4.37. The second-order valence-electron chi connectivity index (χ2n) is 5.83. The van der Waals surface area contributed by atoms with Crippen molar-refractivity contribution in [2.24, 2.45) is 4.99 Å². The number of ether oxygens (including phenoxy) is 4. The van der Waals surface area contributed by atoms with E-state index in [9.17, 15) is 0 Å². The molecule has 5 heteroatoms. The third-order valence-corrected chi connectivity index (χ3v) is 4.37. The number of hydrogen-bond donors (Lipinski definition) is 0. The van der Waals surface area contributed by atoms with Crippen molar-refractivity contribution < 1.29 is 18.9 Å². The molecule has 0 unspecified atom stereocenters. The summed E-state index contributed by atoms with van der Waals surface area (Å²) in [6.07, 6.45) is 4.95. The lowest BCUT2D eigenvalue weighted by molar-refractivity contribution is 0.324. The molecule has 0 fully saturated rings. The molecule has 1 aliphatic rings. The molecule has 1 aliphatic heterocycles. The summed E-state index contributed by atoms with van der Waals surface area (Å²) < 4.78 is 21.5. The molecule has 0 atom stereocenters. The van der Waals surface area contributed by atoms with Crippen LogP contribution in [0.2, 0.25) is 0 Å². The van der Waals surface area contributed by atoms with Gasteiger partial charge in [-0.1, -0.05) is 6.08 Å². The third kappa shape index (κ3) is 3.52. The van der Waals surface area contributed by atoms with Gasteiger partial charge in [0.2, 0.25) is 5.75 Å². The molecule has 26 heavy (non-hydrogen) atoms. The number of aliphatic imine (C=N–C) groups is 1. The first-order valence-electron chi connectivity index (χ1n) is 8.40. The first-order valence-corrected chi connectivity index (χ1v) is 8.40. The van der Waals surface area contributed by atoms with Crippen molar-refractivity contribution in [3.63, 3.8) is 0 Å². The average Bonchev–Trinajstić information content (AvgIpc) is 2.70. The fraction of sp³-hybridized carbons (Fsp3) is 0.286. The highest BCUT2D eigenvalue weighted by Crippen LogP contribution is 2.38. The lowest BCUT2D eigenvalue weighted by atomic mass is 9.96. The molecule has 136 valence electrons. The van der Waals surface area contributed by atoms with Gasteiger partial charge in [0.05, 0.1) is 34.2 Å². The molecule has 0 aromatic heterocycles. The van der Waals surface area contributed by atoms with Crippen molar-refractivity contribution in [3.05, 3.63) is 53.1 Å². The van der Waals surface area contributed by atoms with E-state index < -0.39 is 0 Å². The summed E-state index contributed by atoms with van der Waals surface area (Å²) in [6, 6.07) is 9.93. The van der Waals surface area contributed by atoms with Crippen LogP contribution in [0.1, 0.15) is 16.7 Å². The van der Waals surface area contributed by atoms with Crippen LogP contribution in [0, 0.1) is 0 Å². The van der Waals surface area contributed by atoms with Gasteiger partial charge in [0.15, 0.2) is 11.5 Å². The molecule has 1 heterocycles. The van der Waals surface area contributed by atoms with E-state index in [1.807, 2.05) is 30.4 Å². The molecule has 0 amide bonds. The van der Waals surface area contributed by atoms with Crippen LogP contribution in [0.4, 0.5) is 0 Å². The van der Waals surface area contributed by atoms with Gasteiger partial charge in [-0.15, -0.1) is 0 Å². The number of hydrogen-bond acceptors (Lipinski definition) is 5. The van der Waals surface area contributed by atoms with E-state index >= 15 is 0 Å². The predicted octanol–water partition coefficient (Wildman–Crippen LogP) is 3.78. The lowest BCUT2D eigenvalue weighted by Gasteiger charge is -2.16. The van der Waals surface area contributed by atoms with Crippen LogP contribution in [-0.2, 0) is 6.42 Å². The number of fused-ring (bicyclic) bond motifs is 1. The summed E-state index contributed by atoms with van der Waals surface area (Å²) in [5, 5.41) is 0. The monoisotopic (exact) mass is 353 g/mol. The molecule has 5 nitrogen and oxygen atoms in total. The molecule has 0 saturated carbocycles. The van der Waals surface area contributed by atoms with E-state index in [0.29, 0.717) is 17.2 Å². The molecule has 0 aliphatic carbocycles. The zero-order valence-electron chi connectivity index (χ0n) is 15.5. The van der Waals surface area contributed by atoms with Crippen LogP contribution in [0.5, 0.6) is 23.0 Å². The van der Waals surface area contributed by atoms with Crippen LogP contribution >= 0.6 is 0 Å². The van der Waals surface area contributed by atoms with Crippen molar-refractivity contribution in [2.45, 2.75) is 6.42 Å². The second kappa shape index (κ2) is 7.95. The van der Waals surface area contributed by atoms with Gasteiger partial charge in [0.1, 0.15) is 5.75 Å². The van der Waals surface area contributed by atoms with Gasteiger partial charge in [-0.2, -0.15) is 0 Å². The quantitative estimate of drug-likeness (QED) is 0.793. The lowest BCUT2D eigenvalue weighted by Crippen LogP contribution is -2.10. The summed E-state index contributed by atoms with van der Waals surface area (Å²) in [7, 11) is 6.50. The van der Waals surface area contributed by atoms with Crippen LogP contribution in [0.3, 0.4) is 0 Å². The SMILES string of the molecule is COc1ccc2c(c1)CCN=C2/C=C/c1cc(OC)c(OC)c(OC)c1. The van der Waals surface area contributed by atoms with Crippen molar-refractivity contribution in [1.82, 2.24) is 0 Å². The highest BCUT2D eigenvalue weighted by atomic mass is 16.5. The average molecular weight is 353 g/mol. The Kier molecular flexibility index (Phi) is 5.46. The molecular formula is C21H23NO4. The fourth-order valence-corrected chi connectivity index (χ4v) is 3.05. The van der Waals surface area contributed by atoms with Crippen LogP contribution in [-0.4, -0.2) is 40.7 Å². The highest BCUT2D eigenvalue weighted by Gasteiger charge is 2.14. The number of methoxy groups -OCH3 is 4. The van der Waals surface area contributed by atoms with E-state index in [-0.39, 0.29) is 0 Å². The topological polar surface area (TPSA) is 49.3 Å². The van der Waals surface area contributed by atoms with Gasteiger partial charge in [-0.05, 0) is 54.0 Å². The Labute approximate surface area is 153 Å². The summed E-state index contributed by atoms with van der Waals surface area (Å²) in [4.78, 5) is 4.66. The van der Waals surface area contributed by atoms with Gasteiger partial charge in [-0.3, -0.25) is 4.99 Å². The minimum absolute atomic E-state index is 0.583. The number of nitrogens with zero attached hydrogens (tertiary/aromatic N) is 1. The largest absolute Gasteiger partial charge is 0.497 e. The van der Waals surface area contributed by atoms with E-state index in [4.69, 9.17) is 18.9 Å². The normalized spacial score (nSPS) is 13.2. The van der Waals surface area contributed by atoms with Gasteiger partial charge >= 0.3 is 0 Å². The van der Waals surface area contributed by atoms with Gasteiger partial charge in [0, 0.05) is 12.1 Å². The summed E-state index contributed by atoms with van der Waals surface area (Å²) in [6.45, 7) is 0.773. The Hall–Kier alpha value is -2.95. The zero-order valence-corrected chi connectivity index (χ0v) is 15.5. The molecule has 0 bridgehead atoms. The van der Waals surface area contributed by atoms with Crippen molar-refractivity contribution in [3.8, 4) is 23.0 Å². The molecule has 2 aromatic rings. The van der Waals surface area contributed by atoms with Gasteiger partial charge < -0.3 is 18.9 Å². The van der Waals surface area contributed by atoms with Crippen LogP contribution in [0.25, 0.3) is 6.08 Å². The van der Waals surface area contributed by atoms with Crippen molar-refractivity contribution in [1.29, 1.82) is 0 Å². The van der Waals surface area contributed by atoms with Crippen LogP contribution in [0.15, 0.2) is 41.4 Å². The molecule has 2 aromatic carbocycles. The first kappa shape index (κ1) is 17.9. The second-order valence-corrected chi connectivity index (χ2v) is 5.83. The highest BCUT2D eigenvalue weighted by molar-refractivity contribution is 6.12. The molecular weight excluding hydrogens is 330 g/mol. The Bertz CT molecular complexity index is 830. The molecule has 0 radical (unpaired) electrons. The van der Waals surface area contributed by atoms with Crippen molar-refractivity contribution in [2.75, 3.05) is 35.0 Å². The minimum atomic E-state index is 0.583. The Balaban J connectivity index is 1.93. The Morgan fingerprint density at radius 1 is 0.846 bits per heavy atom. The van der Waals surface area contributed by atoms with Gasteiger partial charge in [0.25, 0.3) is 0 Å². The minimum Gasteiger partial charge on any atom is -0.497 e. The molecule has 0 spiro atoms. The predicted molar refractivity (Wildman–Crippen MR) is 103 cm³/mol.